The standard InChI is InChI=1S/C32H24FN3O5S2/c1-40-24-15-12-20(16-25(24)41-2)28(37)26-27(19-10-13-22(33)14-11-19)36(30(39)29(26)38)31-34-35-32(43-31)42-17-21-8-5-7-18-6-3-4-9-23(18)21/h3-16,27,37H,17H2,1-2H3/t27-/m0/s1. The van der Waals surface area contributed by atoms with Gasteiger partial charge in [-0.15, -0.1) is 10.2 Å². The van der Waals surface area contributed by atoms with Gasteiger partial charge in [-0.2, -0.15) is 0 Å². The Morgan fingerprint density at radius 2 is 1.70 bits per heavy atom. The molecule has 216 valence electrons. The Bertz CT molecular complexity index is 1880. The van der Waals surface area contributed by atoms with Gasteiger partial charge in [0.1, 0.15) is 11.6 Å². The molecule has 4 aromatic carbocycles. The van der Waals surface area contributed by atoms with Crippen LogP contribution < -0.4 is 14.4 Å². The Morgan fingerprint density at radius 3 is 2.47 bits per heavy atom. The second-order valence-corrected chi connectivity index (χ2v) is 11.7. The van der Waals surface area contributed by atoms with Crippen LogP contribution in [0.4, 0.5) is 9.52 Å². The molecule has 8 nitrogen and oxygen atoms in total. The van der Waals surface area contributed by atoms with Gasteiger partial charge in [0, 0.05) is 11.3 Å². The van der Waals surface area contributed by atoms with Gasteiger partial charge in [0.25, 0.3) is 5.78 Å². The van der Waals surface area contributed by atoms with Gasteiger partial charge in [0.2, 0.25) is 5.13 Å². The van der Waals surface area contributed by atoms with Crippen LogP contribution in [0, 0.1) is 5.82 Å². The van der Waals surface area contributed by atoms with Crippen molar-refractivity contribution in [3.05, 3.63) is 113 Å². The number of ether oxygens (including phenoxy) is 2. The molecule has 43 heavy (non-hydrogen) atoms. The topological polar surface area (TPSA) is 102 Å². The second-order valence-electron chi connectivity index (χ2n) is 9.57. The molecule has 0 unspecified atom stereocenters. The molecule has 1 fully saturated rings. The number of rotatable bonds is 8. The number of ketones is 1. The lowest BCUT2D eigenvalue weighted by Gasteiger charge is -2.22. The highest BCUT2D eigenvalue weighted by atomic mass is 32.2. The van der Waals surface area contributed by atoms with Crippen molar-refractivity contribution in [1.82, 2.24) is 10.2 Å². The Morgan fingerprint density at radius 1 is 0.953 bits per heavy atom. The lowest BCUT2D eigenvalue weighted by molar-refractivity contribution is -0.132. The third kappa shape index (κ3) is 5.33. The van der Waals surface area contributed by atoms with Crippen LogP contribution in [0.2, 0.25) is 0 Å². The monoisotopic (exact) mass is 613 g/mol. The molecule has 1 saturated heterocycles. The van der Waals surface area contributed by atoms with Gasteiger partial charge < -0.3 is 14.6 Å². The molecule has 0 radical (unpaired) electrons. The number of benzene rings is 4. The zero-order valence-electron chi connectivity index (χ0n) is 23.0. The second kappa shape index (κ2) is 11.9. The molecular weight excluding hydrogens is 590 g/mol. The number of hydrogen-bond donors (Lipinski definition) is 1. The Labute approximate surface area is 254 Å². The van der Waals surface area contributed by atoms with Gasteiger partial charge in [-0.1, -0.05) is 77.7 Å². The Balaban J connectivity index is 1.38. The highest BCUT2D eigenvalue weighted by molar-refractivity contribution is 8.00. The predicted molar refractivity (Wildman–Crippen MR) is 164 cm³/mol. The molecule has 5 aromatic rings. The number of carbonyl (C=O) groups excluding carboxylic acids is 2. The largest absolute Gasteiger partial charge is 0.507 e. The Kier molecular flexibility index (Phi) is 7.83. The summed E-state index contributed by atoms with van der Waals surface area (Å²) in [6.07, 6.45) is 0. The first-order chi connectivity index (χ1) is 20.9. The third-order valence-electron chi connectivity index (χ3n) is 7.12. The minimum absolute atomic E-state index is 0.163. The normalized spacial score (nSPS) is 16.2. The first-order valence-corrected chi connectivity index (χ1v) is 14.9. The van der Waals surface area contributed by atoms with E-state index in [1.807, 2.05) is 18.2 Å². The van der Waals surface area contributed by atoms with E-state index in [2.05, 4.69) is 34.5 Å². The van der Waals surface area contributed by atoms with Crippen LogP contribution in [-0.4, -0.2) is 41.2 Å². The summed E-state index contributed by atoms with van der Waals surface area (Å²) in [7, 11) is 2.93. The van der Waals surface area contributed by atoms with Crippen LogP contribution >= 0.6 is 23.1 Å². The van der Waals surface area contributed by atoms with E-state index in [1.165, 1.54) is 61.2 Å². The summed E-state index contributed by atoms with van der Waals surface area (Å²) in [4.78, 5) is 28.2. The van der Waals surface area contributed by atoms with Crippen molar-refractivity contribution in [2.24, 2.45) is 0 Å². The Hall–Kier alpha value is -4.74. The summed E-state index contributed by atoms with van der Waals surface area (Å²) in [6, 6.07) is 23.2. The highest BCUT2D eigenvalue weighted by Crippen LogP contribution is 2.44. The number of aliphatic hydroxyl groups is 1. The number of aliphatic hydroxyl groups excluding tert-OH is 1. The van der Waals surface area contributed by atoms with E-state index in [1.54, 1.807) is 12.1 Å². The molecule has 1 aliphatic rings. The molecule has 0 spiro atoms. The lowest BCUT2D eigenvalue weighted by atomic mass is 9.95. The fraction of sp³-hybridized carbons (Fsp3) is 0.125. The van der Waals surface area contributed by atoms with Crippen molar-refractivity contribution in [2.45, 2.75) is 16.1 Å². The molecule has 6 rings (SSSR count). The van der Waals surface area contributed by atoms with E-state index >= 15 is 0 Å². The van der Waals surface area contributed by atoms with Crippen molar-refractivity contribution in [2.75, 3.05) is 19.1 Å². The number of Topliss-reactive ketones (excluding diaryl/α,β-unsaturated/α-hetero) is 1. The van der Waals surface area contributed by atoms with Gasteiger partial charge in [-0.25, -0.2) is 4.39 Å². The van der Waals surface area contributed by atoms with E-state index in [9.17, 15) is 19.1 Å². The van der Waals surface area contributed by atoms with Crippen LogP contribution in [0.5, 0.6) is 11.5 Å². The minimum atomic E-state index is -1.07. The SMILES string of the molecule is COc1ccc(C(O)=C2C(=O)C(=O)N(c3nnc(SCc4cccc5ccccc45)s3)[C@H]2c2ccc(F)cc2)cc1OC. The predicted octanol–water partition coefficient (Wildman–Crippen LogP) is 6.77. The first-order valence-electron chi connectivity index (χ1n) is 13.1. The van der Waals surface area contributed by atoms with Crippen LogP contribution in [0.15, 0.2) is 94.8 Å². The van der Waals surface area contributed by atoms with Crippen LogP contribution in [-0.2, 0) is 15.3 Å². The molecule has 1 N–H and O–H groups in total. The summed E-state index contributed by atoms with van der Waals surface area (Å²) in [5.41, 5.74) is 1.62. The van der Waals surface area contributed by atoms with Crippen molar-refractivity contribution in [3.63, 3.8) is 0 Å². The summed E-state index contributed by atoms with van der Waals surface area (Å²) in [6.45, 7) is 0. The molecule has 0 bridgehead atoms. The lowest BCUT2D eigenvalue weighted by Crippen LogP contribution is -2.29. The van der Waals surface area contributed by atoms with Crippen LogP contribution in [0.25, 0.3) is 16.5 Å². The number of methoxy groups -OCH3 is 2. The zero-order chi connectivity index (χ0) is 30.1. The summed E-state index contributed by atoms with van der Waals surface area (Å²) in [5.74, 6) is -1.29. The van der Waals surface area contributed by atoms with Crippen molar-refractivity contribution in [1.29, 1.82) is 0 Å². The molecule has 2 heterocycles. The fourth-order valence-corrected chi connectivity index (χ4v) is 6.92. The van der Waals surface area contributed by atoms with E-state index < -0.39 is 29.3 Å². The van der Waals surface area contributed by atoms with Crippen molar-refractivity contribution in [3.8, 4) is 11.5 Å². The number of amides is 1. The van der Waals surface area contributed by atoms with E-state index in [0.717, 1.165) is 27.7 Å². The number of nitrogens with zero attached hydrogens (tertiary/aromatic N) is 3. The molecule has 0 saturated carbocycles. The quantitative estimate of drug-likeness (QED) is 0.0673. The van der Waals surface area contributed by atoms with Crippen molar-refractivity contribution < 1.29 is 28.6 Å². The maximum Gasteiger partial charge on any atom is 0.301 e. The van der Waals surface area contributed by atoms with Gasteiger partial charge in [0.05, 0.1) is 25.8 Å². The first kappa shape index (κ1) is 28.4. The van der Waals surface area contributed by atoms with Gasteiger partial charge in [-0.05, 0) is 52.2 Å². The number of halogens is 1. The average Bonchev–Trinajstić information content (AvgIpc) is 3.61. The van der Waals surface area contributed by atoms with Crippen LogP contribution in [0.1, 0.15) is 22.7 Å². The van der Waals surface area contributed by atoms with Crippen molar-refractivity contribution >= 4 is 56.5 Å². The maximum absolute atomic E-state index is 13.9. The van der Waals surface area contributed by atoms with E-state index in [0.29, 0.717) is 27.2 Å². The van der Waals surface area contributed by atoms with Gasteiger partial charge >= 0.3 is 5.91 Å². The molecule has 1 atom stereocenters. The molecular formula is C32H24FN3O5S2. The summed E-state index contributed by atoms with van der Waals surface area (Å²) < 4.78 is 25.1. The van der Waals surface area contributed by atoms with Gasteiger partial charge in [0.15, 0.2) is 15.8 Å². The maximum atomic E-state index is 13.9. The zero-order valence-corrected chi connectivity index (χ0v) is 24.6. The molecule has 0 aliphatic carbocycles. The van der Waals surface area contributed by atoms with Gasteiger partial charge in [-0.3, -0.25) is 14.5 Å². The number of fused-ring (bicyclic) bond motifs is 1. The summed E-state index contributed by atoms with van der Waals surface area (Å²) >= 11 is 2.63. The van der Waals surface area contributed by atoms with E-state index in [-0.39, 0.29) is 16.3 Å². The number of carbonyl (C=O) groups is 2. The highest BCUT2D eigenvalue weighted by Gasteiger charge is 2.48. The molecule has 1 aromatic heterocycles. The smallest absolute Gasteiger partial charge is 0.301 e. The summed E-state index contributed by atoms with van der Waals surface area (Å²) in [5, 5.41) is 22.4. The average molecular weight is 614 g/mol. The number of thioether (sulfide) groups is 1. The molecule has 11 heteroatoms. The third-order valence-corrected chi connectivity index (χ3v) is 9.22. The molecule has 1 amide bonds. The fourth-order valence-electron chi connectivity index (χ4n) is 5.05. The van der Waals surface area contributed by atoms with Crippen LogP contribution in [0.3, 0.4) is 0 Å². The number of hydrogen-bond acceptors (Lipinski definition) is 9. The number of anilines is 1. The van der Waals surface area contributed by atoms with E-state index in [4.69, 9.17) is 9.47 Å². The number of aromatic nitrogens is 2. The minimum Gasteiger partial charge on any atom is -0.507 e. The molecule has 1 aliphatic heterocycles.